The molecule has 0 saturated carbocycles. The molecule has 3 aromatic carbocycles. The molecule has 8 heteroatoms. The van der Waals surface area contributed by atoms with E-state index in [1.54, 1.807) is 72.8 Å². The van der Waals surface area contributed by atoms with Crippen LogP contribution in [0.1, 0.15) is 17.3 Å². The number of hydrogen-bond acceptors (Lipinski definition) is 6. The van der Waals surface area contributed by atoms with Crippen LogP contribution in [-0.2, 0) is 4.79 Å². The molecular weight excluding hydrogens is 436 g/mol. The molecule has 0 saturated heterocycles. The predicted octanol–water partition coefficient (Wildman–Crippen LogP) is 4.46. The van der Waals surface area contributed by atoms with Crippen LogP contribution in [0.3, 0.4) is 0 Å². The van der Waals surface area contributed by atoms with Crippen molar-refractivity contribution in [2.24, 2.45) is 0 Å². The van der Waals surface area contributed by atoms with Crippen molar-refractivity contribution in [2.75, 3.05) is 23.8 Å². The van der Waals surface area contributed by atoms with Crippen molar-refractivity contribution in [3.63, 3.8) is 0 Å². The molecule has 0 spiro atoms. The number of hydrogen-bond donors (Lipinski definition) is 2. The Morgan fingerprint density at radius 1 is 0.794 bits per heavy atom. The second kappa shape index (κ2) is 10.4. The normalized spacial score (nSPS) is 10.5. The number of ether oxygens (including phenoxy) is 2. The van der Waals surface area contributed by atoms with Gasteiger partial charge in [0.25, 0.3) is 11.8 Å². The maximum absolute atomic E-state index is 12.5. The smallest absolute Gasteiger partial charge is 0.336 e. The van der Waals surface area contributed by atoms with Gasteiger partial charge in [0.05, 0.1) is 6.61 Å². The molecule has 8 nitrogen and oxygen atoms in total. The summed E-state index contributed by atoms with van der Waals surface area (Å²) in [6.07, 6.45) is 0. The molecule has 4 rings (SSSR count). The van der Waals surface area contributed by atoms with Crippen molar-refractivity contribution in [3.8, 4) is 11.5 Å². The summed E-state index contributed by atoms with van der Waals surface area (Å²) in [5.74, 6) is 0.490. The molecule has 1 aromatic heterocycles. The first-order valence-corrected chi connectivity index (χ1v) is 10.6. The molecule has 0 aliphatic heterocycles. The second-order valence-electron chi connectivity index (χ2n) is 7.28. The fourth-order valence-corrected chi connectivity index (χ4v) is 3.19. The van der Waals surface area contributed by atoms with Gasteiger partial charge >= 0.3 is 5.63 Å². The summed E-state index contributed by atoms with van der Waals surface area (Å²) in [7, 11) is 0. The highest BCUT2D eigenvalue weighted by atomic mass is 16.5. The van der Waals surface area contributed by atoms with E-state index in [4.69, 9.17) is 13.9 Å². The summed E-state index contributed by atoms with van der Waals surface area (Å²) < 4.78 is 16.0. The van der Waals surface area contributed by atoms with Gasteiger partial charge in [-0.05, 0) is 73.7 Å². The van der Waals surface area contributed by atoms with Crippen LogP contribution in [0.2, 0.25) is 0 Å². The maximum Gasteiger partial charge on any atom is 0.336 e. The van der Waals surface area contributed by atoms with E-state index in [1.165, 1.54) is 6.07 Å². The molecule has 34 heavy (non-hydrogen) atoms. The van der Waals surface area contributed by atoms with Gasteiger partial charge in [-0.25, -0.2) is 4.79 Å². The first kappa shape index (κ1) is 22.6. The first-order valence-electron chi connectivity index (χ1n) is 10.6. The number of fused-ring (bicyclic) bond motifs is 1. The average molecular weight is 458 g/mol. The Balaban J connectivity index is 1.30. The number of nitrogens with one attached hydrogen (secondary N) is 2. The third-order valence-electron chi connectivity index (χ3n) is 4.82. The van der Waals surface area contributed by atoms with Gasteiger partial charge in [0.1, 0.15) is 17.1 Å². The Morgan fingerprint density at radius 3 is 2.18 bits per heavy atom. The van der Waals surface area contributed by atoms with Crippen molar-refractivity contribution in [3.05, 3.63) is 94.8 Å². The lowest BCUT2D eigenvalue weighted by atomic mass is 10.2. The molecule has 0 unspecified atom stereocenters. The summed E-state index contributed by atoms with van der Waals surface area (Å²) in [5.41, 5.74) is 1.54. The SMILES string of the molecule is CCOc1ccc(NC(=O)c2ccc(NC(=O)COc3ccc4ccc(=O)oc4c3)cc2)cc1. The minimum absolute atomic E-state index is 0.234. The van der Waals surface area contributed by atoms with Crippen molar-refractivity contribution in [1.29, 1.82) is 0 Å². The quantitative estimate of drug-likeness (QED) is 0.378. The van der Waals surface area contributed by atoms with E-state index in [2.05, 4.69) is 10.6 Å². The topological polar surface area (TPSA) is 107 Å². The van der Waals surface area contributed by atoms with Crippen LogP contribution in [-0.4, -0.2) is 25.0 Å². The largest absolute Gasteiger partial charge is 0.494 e. The fraction of sp³-hybridized carbons (Fsp3) is 0.115. The number of anilines is 2. The number of carbonyl (C=O) groups excluding carboxylic acids is 2. The van der Waals surface area contributed by atoms with Gasteiger partial charge in [0.2, 0.25) is 0 Å². The number of rotatable bonds is 8. The van der Waals surface area contributed by atoms with Crippen LogP contribution in [0.15, 0.2) is 88.1 Å². The Labute approximate surface area is 195 Å². The van der Waals surface area contributed by atoms with E-state index in [0.29, 0.717) is 34.9 Å². The van der Waals surface area contributed by atoms with Crippen molar-refractivity contribution < 1.29 is 23.5 Å². The van der Waals surface area contributed by atoms with Gasteiger partial charge in [-0.2, -0.15) is 0 Å². The lowest BCUT2D eigenvalue weighted by Gasteiger charge is -2.09. The van der Waals surface area contributed by atoms with Crippen molar-refractivity contribution in [1.82, 2.24) is 0 Å². The summed E-state index contributed by atoms with van der Waals surface area (Å²) >= 11 is 0. The molecule has 0 radical (unpaired) electrons. The van der Waals surface area contributed by atoms with Gasteiger partial charge in [-0.3, -0.25) is 9.59 Å². The zero-order chi connectivity index (χ0) is 23.9. The van der Waals surface area contributed by atoms with Crippen LogP contribution in [0.4, 0.5) is 11.4 Å². The Bertz CT molecular complexity index is 1360. The van der Waals surface area contributed by atoms with E-state index in [0.717, 1.165) is 11.1 Å². The molecule has 4 aromatic rings. The van der Waals surface area contributed by atoms with E-state index >= 15 is 0 Å². The molecule has 0 aliphatic carbocycles. The second-order valence-corrected chi connectivity index (χ2v) is 7.28. The van der Waals surface area contributed by atoms with Crippen molar-refractivity contribution in [2.45, 2.75) is 6.92 Å². The van der Waals surface area contributed by atoms with E-state index in [-0.39, 0.29) is 18.4 Å². The van der Waals surface area contributed by atoms with Gasteiger partial charge in [-0.15, -0.1) is 0 Å². The zero-order valence-electron chi connectivity index (χ0n) is 18.4. The first-order chi connectivity index (χ1) is 16.5. The van der Waals surface area contributed by atoms with Crippen molar-refractivity contribution >= 4 is 34.2 Å². The van der Waals surface area contributed by atoms with Gasteiger partial charge in [0.15, 0.2) is 6.61 Å². The maximum atomic E-state index is 12.5. The minimum Gasteiger partial charge on any atom is -0.494 e. The summed E-state index contributed by atoms with van der Waals surface area (Å²) in [5, 5.41) is 6.28. The average Bonchev–Trinajstić information content (AvgIpc) is 2.84. The Morgan fingerprint density at radius 2 is 1.44 bits per heavy atom. The fourth-order valence-electron chi connectivity index (χ4n) is 3.19. The van der Waals surface area contributed by atoms with E-state index in [9.17, 15) is 14.4 Å². The van der Waals surface area contributed by atoms with E-state index < -0.39 is 5.63 Å². The Kier molecular flexibility index (Phi) is 6.88. The summed E-state index contributed by atoms with van der Waals surface area (Å²) in [6, 6.07) is 21.6. The zero-order valence-corrected chi connectivity index (χ0v) is 18.4. The minimum atomic E-state index is -0.459. The van der Waals surface area contributed by atoms with Gasteiger partial charge in [-0.1, -0.05) is 0 Å². The molecule has 0 fully saturated rings. The molecule has 2 amide bonds. The standard InChI is InChI=1S/C26H22N2O6/c1-2-32-21-12-9-20(10-13-21)28-26(31)18-3-7-19(8-4-18)27-24(29)16-33-22-11-5-17-6-14-25(30)34-23(17)15-22/h3-15H,2,16H2,1H3,(H,27,29)(H,28,31). The highest BCUT2D eigenvalue weighted by Crippen LogP contribution is 2.20. The lowest BCUT2D eigenvalue weighted by molar-refractivity contribution is -0.118. The monoisotopic (exact) mass is 458 g/mol. The molecule has 0 aliphatic rings. The van der Waals surface area contributed by atoms with Crippen LogP contribution in [0, 0.1) is 0 Å². The van der Waals surface area contributed by atoms with Crippen LogP contribution in [0.25, 0.3) is 11.0 Å². The highest BCUT2D eigenvalue weighted by molar-refractivity contribution is 6.04. The molecular formula is C26H22N2O6. The molecule has 1 heterocycles. The van der Waals surface area contributed by atoms with Crippen LogP contribution >= 0.6 is 0 Å². The van der Waals surface area contributed by atoms with E-state index in [1.807, 2.05) is 6.92 Å². The highest BCUT2D eigenvalue weighted by Gasteiger charge is 2.09. The molecule has 172 valence electrons. The molecule has 0 atom stereocenters. The summed E-state index contributed by atoms with van der Waals surface area (Å²) in [6.45, 7) is 2.24. The Hall–Kier alpha value is -4.59. The lowest BCUT2D eigenvalue weighted by Crippen LogP contribution is -2.20. The number of carbonyl (C=O) groups is 2. The third kappa shape index (κ3) is 5.80. The molecule has 0 bridgehead atoms. The molecule has 2 N–H and O–H groups in total. The number of amides is 2. The summed E-state index contributed by atoms with van der Waals surface area (Å²) in [4.78, 5) is 36.0. The third-order valence-corrected chi connectivity index (χ3v) is 4.82. The van der Waals surface area contributed by atoms with Crippen LogP contribution < -0.4 is 25.7 Å². The van der Waals surface area contributed by atoms with Gasteiger partial charge in [0, 0.05) is 34.5 Å². The number of benzene rings is 3. The van der Waals surface area contributed by atoms with Gasteiger partial charge < -0.3 is 24.5 Å². The predicted molar refractivity (Wildman–Crippen MR) is 129 cm³/mol. The van der Waals surface area contributed by atoms with Crippen LogP contribution in [0.5, 0.6) is 11.5 Å².